The highest BCUT2D eigenvalue weighted by Gasteiger charge is 2.20. The maximum absolute atomic E-state index is 12.0. The number of hydrogen-bond donors (Lipinski definition) is 2. The van der Waals surface area contributed by atoms with Crippen LogP contribution < -0.4 is 10.6 Å². The van der Waals surface area contributed by atoms with Gasteiger partial charge in [0.05, 0.1) is 18.3 Å². The van der Waals surface area contributed by atoms with Gasteiger partial charge in [-0.15, -0.1) is 11.3 Å². The summed E-state index contributed by atoms with van der Waals surface area (Å²) in [4.78, 5) is 24.0. The summed E-state index contributed by atoms with van der Waals surface area (Å²) < 4.78 is 5.10. The molecule has 1 aliphatic heterocycles. The topological polar surface area (TPSA) is 78.8 Å². The van der Waals surface area contributed by atoms with Gasteiger partial charge in [0.2, 0.25) is 0 Å². The molecule has 0 spiro atoms. The van der Waals surface area contributed by atoms with Crippen molar-refractivity contribution in [3.05, 3.63) is 15.6 Å². The number of thiazole rings is 1. The molecule has 0 aromatic carbocycles. The van der Waals surface area contributed by atoms with Gasteiger partial charge in [0.15, 0.2) is 5.96 Å². The first kappa shape index (κ1) is 23.6. The number of ether oxygens (including phenoxy) is 1. The molecule has 1 fully saturated rings. The fourth-order valence-electron chi connectivity index (χ4n) is 3.48. The van der Waals surface area contributed by atoms with Crippen LogP contribution in [-0.4, -0.2) is 61.6 Å². The Bertz CT molecular complexity index is 655. The molecule has 7 nitrogen and oxygen atoms in total. The molecular formula is C21H37N5O2S. The van der Waals surface area contributed by atoms with Gasteiger partial charge in [-0.05, 0) is 66.1 Å². The lowest BCUT2D eigenvalue weighted by Crippen LogP contribution is -2.39. The average molecular weight is 424 g/mol. The van der Waals surface area contributed by atoms with Crippen molar-refractivity contribution >= 4 is 23.3 Å². The van der Waals surface area contributed by atoms with E-state index in [1.165, 1.54) is 63.1 Å². The van der Waals surface area contributed by atoms with Crippen LogP contribution in [0.5, 0.6) is 0 Å². The summed E-state index contributed by atoms with van der Waals surface area (Å²) in [5.74, 6) is 0.465. The van der Waals surface area contributed by atoms with Crippen molar-refractivity contribution in [2.24, 2.45) is 4.99 Å². The van der Waals surface area contributed by atoms with Crippen LogP contribution in [0.4, 0.5) is 0 Å². The van der Waals surface area contributed by atoms with E-state index in [-0.39, 0.29) is 12.0 Å². The standard InChI is InChI=1S/C21H37N5O2S/c1-5-28-20(27)18-16(2)24-19(29-18)17(3)25-21(22-4)23-12-8-6-9-13-26-14-10-7-11-15-26/h17H,5-15H2,1-4H3,(H2,22,23,25). The van der Waals surface area contributed by atoms with E-state index in [1.807, 2.05) is 20.8 Å². The molecule has 2 rings (SSSR count). The van der Waals surface area contributed by atoms with Crippen LogP contribution in [0.2, 0.25) is 0 Å². The number of aliphatic imine (C=N–C) groups is 1. The Morgan fingerprint density at radius 2 is 2.03 bits per heavy atom. The normalized spacial score (nSPS) is 16.5. The largest absolute Gasteiger partial charge is 0.462 e. The number of carbonyl (C=O) groups is 1. The number of hydrogen-bond acceptors (Lipinski definition) is 6. The molecule has 1 saturated heterocycles. The molecule has 0 aliphatic carbocycles. The lowest BCUT2D eigenvalue weighted by atomic mass is 10.1. The van der Waals surface area contributed by atoms with Crippen LogP contribution in [0, 0.1) is 6.92 Å². The third-order valence-electron chi connectivity index (χ3n) is 5.11. The smallest absolute Gasteiger partial charge is 0.350 e. The van der Waals surface area contributed by atoms with Crippen molar-refractivity contribution in [3.8, 4) is 0 Å². The lowest BCUT2D eigenvalue weighted by molar-refractivity contribution is 0.0531. The molecule has 0 saturated carbocycles. The summed E-state index contributed by atoms with van der Waals surface area (Å²) in [5, 5.41) is 7.60. The molecule has 2 N–H and O–H groups in total. The molecule has 0 amide bonds. The second-order valence-electron chi connectivity index (χ2n) is 7.52. The molecular weight excluding hydrogens is 386 g/mol. The number of aromatic nitrogens is 1. The summed E-state index contributed by atoms with van der Waals surface area (Å²) in [5.41, 5.74) is 0.716. The third-order valence-corrected chi connectivity index (χ3v) is 6.43. The predicted molar refractivity (Wildman–Crippen MR) is 120 cm³/mol. The predicted octanol–water partition coefficient (Wildman–Crippen LogP) is 3.51. The van der Waals surface area contributed by atoms with E-state index in [4.69, 9.17) is 4.74 Å². The second kappa shape index (κ2) is 12.8. The first-order valence-corrected chi connectivity index (χ1v) is 11.7. The molecule has 1 unspecified atom stereocenters. The van der Waals surface area contributed by atoms with Crippen molar-refractivity contribution in [1.82, 2.24) is 20.5 Å². The molecule has 8 heteroatoms. The van der Waals surface area contributed by atoms with E-state index >= 15 is 0 Å². The van der Waals surface area contributed by atoms with Gasteiger partial charge < -0.3 is 20.3 Å². The van der Waals surface area contributed by atoms with E-state index in [1.54, 1.807) is 7.05 Å². The van der Waals surface area contributed by atoms with E-state index < -0.39 is 0 Å². The summed E-state index contributed by atoms with van der Waals surface area (Å²) >= 11 is 1.38. The van der Waals surface area contributed by atoms with Gasteiger partial charge in [-0.2, -0.15) is 0 Å². The van der Waals surface area contributed by atoms with Gasteiger partial charge in [0, 0.05) is 13.6 Å². The number of aryl methyl sites for hydroxylation is 1. The monoisotopic (exact) mass is 423 g/mol. The number of nitrogens with zero attached hydrogens (tertiary/aromatic N) is 3. The molecule has 1 aromatic heterocycles. The van der Waals surface area contributed by atoms with E-state index in [9.17, 15) is 4.79 Å². The Hall–Kier alpha value is -1.67. The molecule has 2 heterocycles. The molecule has 29 heavy (non-hydrogen) atoms. The maximum atomic E-state index is 12.0. The molecule has 1 aliphatic rings. The van der Waals surface area contributed by atoms with Crippen LogP contribution in [0.1, 0.15) is 78.8 Å². The number of esters is 1. The Balaban J connectivity index is 1.69. The highest BCUT2D eigenvalue weighted by atomic mass is 32.1. The van der Waals surface area contributed by atoms with E-state index in [0.717, 1.165) is 23.9 Å². The number of piperidine rings is 1. The van der Waals surface area contributed by atoms with Crippen LogP contribution in [0.15, 0.2) is 4.99 Å². The average Bonchev–Trinajstić information content (AvgIpc) is 3.12. The fraction of sp³-hybridized carbons (Fsp3) is 0.762. The third kappa shape index (κ3) is 7.93. The summed E-state index contributed by atoms with van der Waals surface area (Å²) in [7, 11) is 1.77. The van der Waals surface area contributed by atoms with Gasteiger partial charge in [-0.1, -0.05) is 12.8 Å². The minimum Gasteiger partial charge on any atom is -0.462 e. The number of nitrogens with one attached hydrogen (secondary N) is 2. The van der Waals surface area contributed by atoms with Gasteiger partial charge in [-0.25, -0.2) is 9.78 Å². The molecule has 1 atom stereocenters. The number of likely N-dealkylation sites (tertiary alicyclic amines) is 1. The van der Waals surface area contributed by atoms with E-state index in [0.29, 0.717) is 17.2 Å². The zero-order valence-electron chi connectivity index (χ0n) is 18.4. The van der Waals surface area contributed by atoms with Crippen molar-refractivity contribution in [2.45, 2.75) is 65.3 Å². The highest BCUT2D eigenvalue weighted by Crippen LogP contribution is 2.24. The molecule has 1 aromatic rings. The van der Waals surface area contributed by atoms with E-state index in [2.05, 4.69) is 25.5 Å². The maximum Gasteiger partial charge on any atom is 0.350 e. The van der Waals surface area contributed by atoms with Crippen LogP contribution in [-0.2, 0) is 4.74 Å². The Morgan fingerprint density at radius 1 is 1.28 bits per heavy atom. The van der Waals surface area contributed by atoms with Gasteiger partial charge in [0.25, 0.3) is 0 Å². The Morgan fingerprint density at radius 3 is 2.72 bits per heavy atom. The van der Waals surface area contributed by atoms with Crippen LogP contribution >= 0.6 is 11.3 Å². The van der Waals surface area contributed by atoms with Gasteiger partial charge in [-0.3, -0.25) is 4.99 Å². The van der Waals surface area contributed by atoms with Crippen molar-refractivity contribution < 1.29 is 9.53 Å². The zero-order valence-corrected chi connectivity index (χ0v) is 19.2. The van der Waals surface area contributed by atoms with Gasteiger partial charge >= 0.3 is 5.97 Å². The van der Waals surface area contributed by atoms with Crippen LogP contribution in [0.25, 0.3) is 0 Å². The first-order valence-electron chi connectivity index (χ1n) is 10.9. The van der Waals surface area contributed by atoms with Crippen LogP contribution in [0.3, 0.4) is 0 Å². The summed E-state index contributed by atoms with van der Waals surface area (Å²) in [6.45, 7) is 10.7. The summed E-state index contributed by atoms with van der Waals surface area (Å²) in [6.07, 6.45) is 7.75. The molecule has 0 bridgehead atoms. The number of guanidine groups is 1. The minimum atomic E-state index is -0.298. The van der Waals surface area contributed by atoms with Crippen molar-refractivity contribution in [1.29, 1.82) is 0 Å². The molecule has 0 radical (unpaired) electrons. The van der Waals surface area contributed by atoms with Crippen molar-refractivity contribution in [3.63, 3.8) is 0 Å². The zero-order chi connectivity index (χ0) is 21.1. The molecule has 164 valence electrons. The van der Waals surface area contributed by atoms with Gasteiger partial charge in [0.1, 0.15) is 9.88 Å². The number of rotatable bonds is 10. The highest BCUT2D eigenvalue weighted by molar-refractivity contribution is 7.13. The first-order chi connectivity index (χ1) is 14.0. The summed E-state index contributed by atoms with van der Waals surface area (Å²) in [6, 6.07) is -0.0350. The number of unbranched alkanes of at least 4 members (excludes halogenated alkanes) is 2. The quantitative estimate of drug-likeness (QED) is 0.259. The Labute approximate surface area is 179 Å². The fourth-order valence-corrected chi connectivity index (χ4v) is 4.44. The minimum absolute atomic E-state index is 0.0350. The lowest BCUT2D eigenvalue weighted by Gasteiger charge is -2.26. The Kier molecular flexibility index (Phi) is 10.4. The van der Waals surface area contributed by atoms with Crippen molar-refractivity contribution in [2.75, 3.05) is 39.8 Å². The number of carbonyl (C=O) groups excluding carboxylic acids is 1. The SMILES string of the molecule is CCOC(=O)c1sc(C(C)NC(=NC)NCCCCCN2CCCCC2)nc1C. The second-order valence-corrected chi connectivity index (χ2v) is 8.55.